The van der Waals surface area contributed by atoms with Gasteiger partial charge in [-0.05, 0) is 18.2 Å². The van der Waals surface area contributed by atoms with Crippen molar-refractivity contribution >= 4 is 50.4 Å². The smallest absolute Gasteiger partial charge is 0.231 e. The SMILES string of the molecule is O=C(NC1=NCCS1)[C@@H]1CC(=O)N(c2cccc(Br)c2)C1. The van der Waals surface area contributed by atoms with E-state index in [0.717, 1.165) is 22.5 Å². The Morgan fingerprint density at radius 3 is 3.05 bits per heavy atom. The molecule has 0 aromatic heterocycles. The maximum absolute atomic E-state index is 12.2. The number of halogens is 1. The van der Waals surface area contributed by atoms with Crippen LogP contribution in [-0.2, 0) is 9.59 Å². The number of hydrogen-bond donors (Lipinski definition) is 1. The standard InChI is InChI=1S/C14H14BrN3O2S/c15-10-2-1-3-11(7-10)18-8-9(6-12(18)19)13(20)17-14-16-4-5-21-14/h1-3,7,9H,4-6,8H2,(H,16,17,20)/t9-/m1/s1. The average molecular weight is 368 g/mol. The first-order valence-electron chi connectivity index (χ1n) is 6.67. The molecule has 0 bridgehead atoms. The summed E-state index contributed by atoms with van der Waals surface area (Å²) in [4.78, 5) is 30.2. The molecule has 21 heavy (non-hydrogen) atoms. The second-order valence-corrected chi connectivity index (χ2v) is 6.91. The molecule has 0 unspecified atom stereocenters. The van der Waals surface area contributed by atoms with Crippen LogP contribution in [0.4, 0.5) is 5.69 Å². The van der Waals surface area contributed by atoms with Gasteiger partial charge in [-0.3, -0.25) is 14.6 Å². The number of aliphatic imine (C=N–C) groups is 1. The molecule has 110 valence electrons. The first kappa shape index (κ1) is 14.6. The van der Waals surface area contributed by atoms with Gasteiger partial charge in [0.05, 0.1) is 12.5 Å². The number of rotatable bonds is 2. The number of carbonyl (C=O) groups is 2. The Kier molecular flexibility index (Phi) is 4.30. The molecule has 1 saturated heterocycles. The van der Waals surface area contributed by atoms with Crippen LogP contribution in [0.5, 0.6) is 0 Å². The molecule has 1 N–H and O–H groups in total. The molecule has 1 fully saturated rings. The van der Waals surface area contributed by atoms with E-state index in [0.29, 0.717) is 11.7 Å². The minimum Gasteiger partial charge on any atom is -0.312 e. The third kappa shape index (κ3) is 3.29. The summed E-state index contributed by atoms with van der Waals surface area (Å²) < 4.78 is 0.914. The van der Waals surface area contributed by atoms with Crippen LogP contribution in [0.2, 0.25) is 0 Å². The molecule has 0 aliphatic carbocycles. The second-order valence-electron chi connectivity index (χ2n) is 4.91. The van der Waals surface area contributed by atoms with Crippen LogP contribution in [0.3, 0.4) is 0 Å². The van der Waals surface area contributed by atoms with Gasteiger partial charge in [0.2, 0.25) is 11.8 Å². The number of nitrogens with zero attached hydrogens (tertiary/aromatic N) is 2. The van der Waals surface area contributed by atoms with Gasteiger partial charge in [-0.1, -0.05) is 33.8 Å². The summed E-state index contributed by atoms with van der Waals surface area (Å²) in [6.07, 6.45) is 0.246. The zero-order chi connectivity index (χ0) is 14.8. The highest BCUT2D eigenvalue weighted by Crippen LogP contribution is 2.27. The van der Waals surface area contributed by atoms with Crippen LogP contribution in [-0.4, -0.2) is 35.8 Å². The highest BCUT2D eigenvalue weighted by molar-refractivity contribution is 9.10. The lowest BCUT2D eigenvalue weighted by atomic mass is 10.1. The Labute approximate surface area is 135 Å². The minimum atomic E-state index is -0.319. The van der Waals surface area contributed by atoms with Crippen molar-refractivity contribution < 1.29 is 9.59 Å². The Morgan fingerprint density at radius 2 is 2.33 bits per heavy atom. The van der Waals surface area contributed by atoms with Crippen molar-refractivity contribution in [2.75, 3.05) is 23.7 Å². The number of benzene rings is 1. The fourth-order valence-electron chi connectivity index (χ4n) is 2.39. The molecule has 2 aliphatic rings. The molecule has 2 amide bonds. The molecule has 2 heterocycles. The quantitative estimate of drug-likeness (QED) is 0.869. The Bertz CT molecular complexity index is 620. The van der Waals surface area contributed by atoms with Gasteiger partial charge >= 0.3 is 0 Å². The maximum atomic E-state index is 12.2. The average Bonchev–Trinajstić information content (AvgIpc) is 3.08. The van der Waals surface area contributed by atoms with Crippen molar-refractivity contribution in [3.05, 3.63) is 28.7 Å². The largest absolute Gasteiger partial charge is 0.312 e. The molecular formula is C14H14BrN3O2S. The van der Waals surface area contributed by atoms with Crippen molar-refractivity contribution in [1.29, 1.82) is 0 Å². The first-order valence-corrected chi connectivity index (χ1v) is 8.45. The van der Waals surface area contributed by atoms with E-state index >= 15 is 0 Å². The van der Waals surface area contributed by atoms with E-state index in [1.54, 1.807) is 16.7 Å². The summed E-state index contributed by atoms with van der Waals surface area (Å²) in [5.41, 5.74) is 0.817. The molecule has 5 nitrogen and oxygen atoms in total. The van der Waals surface area contributed by atoms with E-state index < -0.39 is 0 Å². The van der Waals surface area contributed by atoms with Gasteiger partial charge in [-0.2, -0.15) is 0 Å². The molecule has 2 aliphatic heterocycles. The zero-order valence-electron chi connectivity index (χ0n) is 11.2. The summed E-state index contributed by atoms with van der Waals surface area (Å²) >= 11 is 4.94. The summed E-state index contributed by atoms with van der Waals surface area (Å²) in [5, 5.41) is 3.49. The van der Waals surface area contributed by atoms with Crippen LogP contribution in [0.1, 0.15) is 6.42 Å². The number of thioether (sulfide) groups is 1. The van der Waals surface area contributed by atoms with Crippen LogP contribution < -0.4 is 10.2 Å². The molecular weight excluding hydrogens is 354 g/mol. The first-order chi connectivity index (χ1) is 10.1. The Balaban J connectivity index is 1.68. The number of hydrogen-bond acceptors (Lipinski definition) is 4. The summed E-state index contributed by atoms with van der Waals surface area (Å²) in [6.45, 7) is 1.16. The van der Waals surface area contributed by atoms with E-state index in [1.807, 2.05) is 24.3 Å². The van der Waals surface area contributed by atoms with Gasteiger partial charge < -0.3 is 10.2 Å². The van der Waals surface area contributed by atoms with Gasteiger partial charge in [0, 0.05) is 28.9 Å². The number of carbonyl (C=O) groups excluding carboxylic acids is 2. The topological polar surface area (TPSA) is 61.8 Å². The van der Waals surface area contributed by atoms with Gasteiger partial charge in [-0.25, -0.2) is 0 Å². The molecule has 0 saturated carbocycles. The molecule has 1 aromatic carbocycles. The third-order valence-electron chi connectivity index (χ3n) is 3.43. The molecule has 0 spiro atoms. The molecule has 1 atom stereocenters. The Hall–Kier alpha value is -1.34. The van der Waals surface area contributed by atoms with Crippen LogP contribution in [0, 0.1) is 5.92 Å². The van der Waals surface area contributed by atoms with E-state index in [2.05, 4.69) is 26.2 Å². The van der Waals surface area contributed by atoms with Crippen LogP contribution >= 0.6 is 27.7 Å². The lowest BCUT2D eigenvalue weighted by molar-refractivity contribution is -0.125. The van der Waals surface area contributed by atoms with E-state index in [1.165, 1.54) is 0 Å². The normalized spacial score (nSPS) is 21.6. The number of amidine groups is 1. The van der Waals surface area contributed by atoms with Crippen LogP contribution in [0.25, 0.3) is 0 Å². The van der Waals surface area contributed by atoms with Crippen molar-refractivity contribution in [2.45, 2.75) is 6.42 Å². The predicted octanol–water partition coefficient (Wildman–Crippen LogP) is 2.02. The van der Waals surface area contributed by atoms with Gasteiger partial charge in [0.25, 0.3) is 0 Å². The third-order valence-corrected chi connectivity index (χ3v) is 4.82. The zero-order valence-corrected chi connectivity index (χ0v) is 13.6. The van der Waals surface area contributed by atoms with E-state index in [-0.39, 0.29) is 24.2 Å². The van der Waals surface area contributed by atoms with Crippen molar-refractivity contribution in [3.8, 4) is 0 Å². The maximum Gasteiger partial charge on any atom is 0.231 e. The fraction of sp³-hybridized carbons (Fsp3) is 0.357. The summed E-state index contributed by atoms with van der Waals surface area (Å²) in [6, 6.07) is 7.54. The second kappa shape index (κ2) is 6.19. The minimum absolute atomic E-state index is 0.0192. The molecule has 1 aromatic rings. The lowest BCUT2D eigenvalue weighted by Crippen LogP contribution is -2.35. The van der Waals surface area contributed by atoms with E-state index in [9.17, 15) is 9.59 Å². The van der Waals surface area contributed by atoms with E-state index in [4.69, 9.17) is 0 Å². The van der Waals surface area contributed by atoms with Crippen molar-refractivity contribution in [3.63, 3.8) is 0 Å². The fourth-order valence-corrected chi connectivity index (χ4v) is 3.51. The van der Waals surface area contributed by atoms with Crippen molar-refractivity contribution in [1.82, 2.24) is 5.32 Å². The highest BCUT2D eigenvalue weighted by Gasteiger charge is 2.35. The molecule has 3 rings (SSSR count). The van der Waals surface area contributed by atoms with Gasteiger partial charge in [0.1, 0.15) is 0 Å². The lowest BCUT2D eigenvalue weighted by Gasteiger charge is -2.17. The number of anilines is 1. The highest BCUT2D eigenvalue weighted by atomic mass is 79.9. The monoisotopic (exact) mass is 367 g/mol. The summed E-state index contributed by atoms with van der Waals surface area (Å²) in [5.74, 6) is 0.451. The Morgan fingerprint density at radius 1 is 1.48 bits per heavy atom. The number of amides is 2. The molecule has 0 radical (unpaired) electrons. The molecule has 7 heteroatoms. The van der Waals surface area contributed by atoms with Gasteiger partial charge in [0.15, 0.2) is 5.17 Å². The number of nitrogens with one attached hydrogen (secondary N) is 1. The van der Waals surface area contributed by atoms with Gasteiger partial charge in [-0.15, -0.1) is 0 Å². The van der Waals surface area contributed by atoms with Crippen molar-refractivity contribution in [2.24, 2.45) is 10.9 Å². The van der Waals surface area contributed by atoms with Crippen LogP contribution in [0.15, 0.2) is 33.7 Å². The predicted molar refractivity (Wildman–Crippen MR) is 87.5 cm³/mol. The summed E-state index contributed by atoms with van der Waals surface area (Å²) in [7, 11) is 0.